The Hall–Kier alpha value is -1.06. The number of ether oxygens (including phenoxy) is 1. The summed E-state index contributed by atoms with van der Waals surface area (Å²) in [5, 5.41) is 13.6. The van der Waals surface area contributed by atoms with Crippen LogP contribution >= 0.6 is 0 Å². The molecule has 1 atom stereocenters. The second-order valence-corrected chi connectivity index (χ2v) is 9.74. The smallest absolute Gasteiger partial charge is 0.119 e. The number of β-amino-alcohol motifs (C(OH)–C–C–N with tert-alkyl or cyclic N) is 1. The SMILES string of the molecule is CC(C)(C)CC(C)(C)NCC(O)COc1ccc(C(C)(C)C)cc1. The first-order chi connectivity index (χ1) is 10.8. The maximum absolute atomic E-state index is 10.2. The van der Waals surface area contributed by atoms with Crippen molar-refractivity contribution in [2.24, 2.45) is 5.41 Å². The van der Waals surface area contributed by atoms with Crippen molar-refractivity contribution < 1.29 is 9.84 Å². The van der Waals surface area contributed by atoms with Crippen LogP contribution in [-0.2, 0) is 5.41 Å². The first-order valence-corrected chi connectivity index (χ1v) is 8.95. The van der Waals surface area contributed by atoms with Crippen molar-refractivity contribution in [2.75, 3.05) is 13.2 Å². The lowest BCUT2D eigenvalue weighted by atomic mass is 9.82. The molecule has 1 unspecified atom stereocenters. The summed E-state index contributed by atoms with van der Waals surface area (Å²) >= 11 is 0. The highest BCUT2D eigenvalue weighted by molar-refractivity contribution is 5.31. The van der Waals surface area contributed by atoms with Crippen molar-refractivity contribution in [2.45, 2.75) is 78.9 Å². The van der Waals surface area contributed by atoms with E-state index in [1.54, 1.807) is 0 Å². The van der Waals surface area contributed by atoms with Gasteiger partial charge in [-0.15, -0.1) is 0 Å². The van der Waals surface area contributed by atoms with Crippen molar-refractivity contribution >= 4 is 0 Å². The largest absolute Gasteiger partial charge is 0.491 e. The molecule has 0 saturated carbocycles. The maximum Gasteiger partial charge on any atom is 0.119 e. The molecule has 0 saturated heterocycles. The summed E-state index contributed by atoms with van der Waals surface area (Å²) in [5.41, 5.74) is 1.67. The first-order valence-electron chi connectivity index (χ1n) is 8.95. The van der Waals surface area contributed by atoms with E-state index >= 15 is 0 Å². The molecule has 0 bridgehead atoms. The Kier molecular flexibility index (Phi) is 6.89. The molecule has 2 N–H and O–H groups in total. The molecule has 0 aliphatic carbocycles. The zero-order chi connectivity index (χ0) is 18.6. The van der Waals surface area contributed by atoms with Gasteiger partial charge >= 0.3 is 0 Å². The van der Waals surface area contributed by atoms with Gasteiger partial charge < -0.3 is 15.2 Å². The van der Waals surface area contributed by atoms with Crippen LogP contribution < -0.4 is 10.1 Å². The summed E-state index contributed by atoms with van der Waals surface area (Å²) in [7, 11) is 0. The van der Waals surface area contributed by atoms with Crippen molar-refractivity contribution in [3.63, 3.8) is 0 Å². The molecule has 0 radical (unpaired) electrons. The summed E-state index contributed by atoms with van der Waals surface area (Å²) in [6, 6.07) is 8.13. The molecule has 1 aromatic rings. The number of benzene rings is 1. The quantitative estimate of drug-likeness (QED) is 0.769. The van der Waals surface area contributed by atoms with Crippen LogP contribution in [-0.4, -0.2) is 29.9 Å². The molecule has 0 aliphatic rings. The van der Waals surface area contributed by atoms with Gasteiger partial charge in [-0.05, 0) is 48.8 Å². The average Bonchev–Trinajstić information content (AvgIpc) is 2.40. The first kappa shape index (κ1) is 21.0. The lowest BCUT2D eigenvalue weighted by molar-refractivity contribution is 0.0944. The van der Waals surface area contributed by atoms with Gasteiger partial charge in [0.05, 0.1) is 0 Å². The molecule has 1 rings (SSSR count). The molecule has 0 heterocycles. The minimum Gasteiger partial charge on any atom is -0.491 e. The number of hydrogen-bond donors (Lipinski definition) is 2. The number of nitrogens with one attached hydrogen (secondary N) is 1. The lowest BCUT2D eigenvalue weighted by Crippen LogP contribution is -2.46. The molecule has 0 spiro atoms. The van der Waals surface area contributed by atoms with Gasteiger partial charge in [0.15, 0.2) is 0 Å². The Labute approximate surface area is 148 Å². The Balaban J connectivity index is 2.42. The Morgan fingerprint density at radius 3 is 1.96 bits per heavy atom. The molecule has 24 heavy (non-hydrogen) atoms. The summed E-state index contributed by atoms with van der Waals surface area (Å²) in [4.78, 5) is 0. The van der Waals surface area contributed by atoms with E-state index in [0.717, 1.165) is 12.2 Å². The maximum atomic E-state index is 10.2. The lowest BCUT2D eigenvalue weighted by Gasteiger charge is -2.34. The molecule has 0 aliphatic heterocycles. The normalized spacial score (nSPS) is 14.5. The predicted octanol–water partition coefficient (Wildman–Crippen LogP) is 4.53. The molecule has 0 fully saturated rings. The van der Waals surface area contributed by atoms with Crippen molar-refractivity contribution in [3.05, 3.63) is 29.8 Å². The Bertz CT molecular complexity index is 492. The fourth-order valence-electron chi connectivity index (χ4n) is 3.08. The minimum atomic E-state index is -0.522. The van der Waals surface area contributed by atoms with Gasteiger partial charge in [-0.3, -0.25) is 0 Å². The molecule has 3 heteroatoms. The molecular formula is C21H37NO2. The van der Waals surface area contributed by atoms with Crippen LogP contribution in [0.15, 0.2) is 24.3 Å². The van der Waals surface area contributed by atoms with Crippen molar-refractivity contribution in [1.29, 1.82) is 0 Å². The van der Waals surface area contributed by atoms with Crippen LogP contribution in [0.4, 0.5) is 0 Å². The highest BCUT2D eigenvalue weighted by atomic mass is 16.5. The van der Waals surface area contributed by atoms with Crippen molar-refractivity contribution in [1.82, 2.24) is 5.32 Å². The van der Waals surface area contributed by atoms with Gasteiger partial charge in [-0.1, -0.05) is 53.7 Å². The van der Waals surface area contributed by atoms with E-state index < -0.39 is 6.10 Å². The van der Waals surface area contributed by atoms with Crippen LogP contribution in [0.25, 0.3) is 0 Å². The summed E-state index contributed by atoms with van der Waals surface area (Å²) in [6.45, 7) is 18.5. The minimum absolute atomic E-state index is 0.00636. The Morgan fingerprint density at radius 2 is 1.50 bits per heavy atom. The molecule has 1 aromatic carbocycles. The van der Waals surface area contributed by atoms with Gasteiger partial charge in [-0.2, -0.15) is 0 Å². The molecule has 138 valence electrons. The number of hydrogen-bond acceptors (Lipinski definition) is 3. The van der Waals surface area contributed by atoms with Crippen LogP contribution in [0.3, 0.4) is 0 Å². The summed E-state index contributed by atoms with van der Waals surface area (Å²) in [5.74, 6) is 0.802. The van der Waals surface area contributed by atoms with E-state index in [-0.39, 0.29) is 16.4 Å². The van der Waals surface area contributed by atoms with Gasteiger partial charge in [0, 0.05) is 12.1 Å². The molecule has 0 aromatic heterocycles. The standard InChI is InChI=1S/C21H37NO2/c1-19(2,3)15-21(7,8)22-13-17(23)14-24-18-11-9-16(10-12-18)20(4,5)6/h9-12,17,22-23H,13-15H2,1-8H3. The average molecular weight is 336 g/mol. The van der Waals surface area contributed by atoms with Crippen molar-refractivity contribution in [3.8, 4) is 5.75 Å². The Morgan fingerprint density at radius 1 is 0.958 bits per heavy atom. The predicted molar refractivity (Wildman–Crippen MR) is 103 cm³/mol. The zero-order valence-electron chi connectivity index (χ0n) is 16.9. The summed E-state index contributed by atoms with van der Waals surface area (Å²) < 4.78 is 5.71. The highest BCUT2D eigenvalue weighted by Crippen LogP contribution is 2.27. The number of aliphatic hydroxyl groups is 1. The fraction of sp³-hybridized carbons (Fsp3) is 0.714. The molecular weight excluding hydrogens is 298 g/mol. The molecule has 0 amide bonds. The van der Waals surface area contributed by atoms with E-state index in [4.69, 9.17) is 4.74 Å². The molecule has 3 nitrogen and oxygen atoms in total. The van der Waals surface area contributed by atoms with Crippen LogP contribution in [0.5, 0.6) is 5.75 Å². The van der Waals surface area contributed by atoms with Gasteiger partial charge in [0.1, 0.15) is 18.5 Å². The van der Waals surface area contributed by atoms with E-state index in [2.05, 4.69) is 72.8 Å². The van der Waals surface area contributed by atoms with E-state index in [1.807, 2.05) is 12.1 Å². The zero-order valence-corrected chi connectivity index (χ0v) is 16.9. The summed E-state index contributed by atoms with van der Waals surface area (Å²) in [6.07, 6.45) is 0.522. The van der Waals surface area contributed by atoms with Gasteiger partial charge in [0.2, 0.25) is 0 Å². The number of aliphatic hydroxyl groups excluding tert-OH is 1. The topological polar surface area (TPSA) is 41.5 Å². The van der Waals surface area contributed by atoms with Crippen LogP contribution in [0.1, 0.15) is 67.4 Å². The third-order valence-corrected chi connectivity index (χ3v) is 3.95. The van der Waals surface area contributed by atoms with E-state index in [1.165, 1.54) is 5.56 Å². The van der Waals surface area contributed by atoms with Gasteiger partial charge in [-0.25, -0.2) is 0 Å². The third kappa shape index (κ3) is 8.16. The third-order valence-electron chi connectivity index (χ3n) is 3.95. The van der Waals surface area contributed by atoms with Crippen LogP contribution in [0, 0.1) is 5.41 Å². The monoisotopic (exact) mass is 335 g/mol. The number of rotatable bonds is 7. The van der Waals surface area contributed by atoms with Crippen LogP contribution in [0.2, 0.25) is 0 Å². The van der Waals surface area contributed by atoms with E-state index in [0.29, 0.717) is 13.2 Å². The second kappa shape index (κ2) is 7.88. The fourth-order valence-corrected chi connectivity index (χ4v) is 3.08. The van der Waals surface area contributed by atoms with E-state index in [9.17, 15) is 5.11 Å². The second-order valence-electron chi connectivity index (χ2n) is 9.74. The highest BCUT2D eigenvalue weighted by Gasteiger charge is 2.25. The van der Waals surface area contributed by atoms with Gasteiger partial charge in [0.25, 0.3) is 0 Å².